The second-order valence-electron chi connectivity index (χ2n) is 6.00. The van der Waals surface area contributed by atoms with Crippen molar-refractivity contribution in [2.45, 2.75) is 26.3 Å². The Bertz CT molecular complexity index is 748. The number of hydrogen-bond donors (Lipinski definition) is 1. The molecule has 138 valence electrons. The number of carbonyl (C=O) groups is 2. The van der Waals surface area contributed by atoms with Gasteiger partial charge in [0.25, 0.3) is 0 Å². The molecular weight excluding hydrogens is 338 g/mol. The van der Waals surface area contributed by atoms with Crippen molar-refractivity contribution in [2.75, 3.05) is 13.1 Å². The topological polar surface area (TPSA) is 49.4 Å². The van der Waals surface area contributed by atoms with Gasteiger partial charge >= 0.3 is 0 Å². The molecule has 1 N–H and O–H groups in total. The van der Waals surface area contributed by atoms with Gasteiger partial charge in [0.15, 0.2) is 0 Å². The molecule has 0 radical (unpaired) electrons. The normalized spacial score (nSPS) is 10.4. The lowest BCUT2D eigenvalue weighted by Crippen LogP contribution is -2.35. The van der Waals surface area contributed by atoms with Gasteiger partial charge in [0.05, 0.1) is 0 Å². The van der Waals surface area contributed by atoms with Crippen molar-refractivity contribution in [3.8, 4) is 0 Å². The fourth-order valence-electron chi connectivity index (χ4n) is 2.51. The number of carbonyl (C=O) groups excluding carboxylic acids is 2. The molecular formula is C20H22F2N2O2. The van der Waals surface area contributed by atoms with E-state index in [0.717, 1.165) is 5.56 Å². The highest BCUT2D eigenvalue weighted by Crippen LogP contribution is 2.08. The zero-order valence-corrected chi connectivity index (χ0v) is 14.7. The molecule has 0 aliphatic carbocycles. The molecule has 2 rings (SSSR count). The lowest BCUT2D eigenvalue weighted by atomic mass is 10.1. The van der Waals surface area contributed by atoms with Crippen molar-refractivity contribution >= 4 is 11.8 Å². The lowest BCUT2D eigenvalue weighted by molar-refractivity contribution is -0.129. The Morgan fingerprint density at radius 1 is 1.00 bits per heavy atom. The van der Waals surface area contributed by atoms with Gasteiger partial charge in [-0.15, -0.1) is 0 Å². The van der Waals surface area contributed by atoms with Gasteiger partial charge < -0.3 is 10.2 Å². The summed E-state index contributed by atoms with van der Waals surface area (Å²) >= 11 is 0. The minimum Gasteiger partial charge on any atom is -0.352 e. The van der Waals surface area contributed by atoms with Crippen LogP contribution < -0.4 is 5.32 Å². The first-order chi connectivity index (χ1) is 12.5. The molecule has 26 heavy (non-hydrogen) atoms. The van der Waals surface area contributed by atoms with Gasteiger partial charge in [-0.25, -0.2) is 8.78 Å². The minimum absolute atomic E-state index is 0.151. The molecule has 0 unspecified atom stereocenters. The first-order valence-electron chi connectivity index (χ1n) is 8.46. The predicted octanol–water partition coefficient (Wildman–Crippen LogP) is 3.06. The monoisotopic (exact) mass is 360 g/mol. The third kappa shape index (κ3) is 6.27. The van der Waals surface area contributed by atoms with Crippen LogP contribution in [0.1, 0.15) is 24.5 Å². The molecule has 2 aromatic carbocycles. The van der Waals surface area contributed by atoms with Crippen LogP contribution in [0, 0.1) is 11.6 Å². The summed E-state index contributed by atoms with van der Waals surface area (Å²) in [5, 5.41) is 2.74. The standard InChI is InChI=1S/C20H22F2N2O2/c1-15(25)24(12-10-17-4-2-3-5-19(17)22)13-11-20(26)23-14-16-6-8-18(21)9-7-16/h2-9H,10-14H2,1H3,(H,23,26). The number of rotatable bonds is 8. The van der Waals surface area contributed by atoms with Crippen LogP contribution in [-0.2, 0) is 22.6 Å². The largest absolute Gasteiger partial charge is 0.352 e. The number of amides is 2. The van der Waals surface area contributed by atoms with Crippen LogP contribution in [-0.4, -0.2) is 29.8 Å². The molecule has 4 nitrogen and oxygen atoms in total. The summed E-state index contributed by atoms with van der Waals surface area (Å²) in [5.74, 6) is -0.987. The first kappa shape index (κ1) is 19.6. The molecule has 0 aliphatic heterocycles. The van der Waals surface area contributed by atoms with E-state index in [1.54, 1.807) is 30.3 Å². The van der Waals surface area contributed by atoms with Crippen LogP contribution >= 0.6 is 0 Å². The zero-order chi connectivity index (χ0) is 18.9. The van der Waals surface area contributed by atoms with Gasteiger partial charge in [-0.3, -0.25) is 9.59 Å². The van der Waals surface area contributed by atoms with Crippen molar-refractivity contribution < 1.29 is 18.4 Å². The molecule has 0 atom stereocenters. The SMILES string of the molecule is CC(=O)N(CCC(=O)NCc1ccc(F)cc1)CCc1ccccc1F. The summed E-state index contributed by atoms with van der Waals surface area (Å²) in [7, 11) is 0. The Morgan fingerprint density at radius 3 is 2.35 bits per heavy atom. The average molecular weight is 360 g/mol. The average Bonchev–Trinajstić information content (AvgIpc) is 2.62. The third-order valence-corrected chi connectivity index (χ3v) is 4.07. The maximum atomic E-state index is 13.7. The highest BCUT2D eigenvalue weighted by Gasteiger charge is 2.12. The van der Waals surface area contributed by atoms with Crippen molar-refractivity contribution in [3.05, 3.63) is 71.3 Å². The van der Waals surface area contributed by atoms with Gasteiger partial charge in [0.1, 0.15) is 11.6 Å². The molecule has 0 bridgehead atoms. The van der Waals surface area contributed by atoms with Crippen LogP contribution in [0.3, 0.4) is 0 Å². The molecule has 6 heteroatoms. The molecule has 2 aromatic rings. The molecule has 0 heterocycles. The summed E-state index contributed by atoms with van der Waals surface area (Å²) in [4.78, 5) is 25.2. The Balaban J connectivity index is 1.78. The fourth-order valence-corrected chi connectivity index (χ4v) is 2.51. The van der Waals surface area contributed by atoms with Crippen molar-refractivity contribution in [3.63, 3.8) is 0 Å². The van der Waals surface area contributed by atoms with E-state index in [9.17, 15) is 18.4 Å². The number of hydrogen-bond acceptors (Lipinski definition) is 2. The lowest BCUT2D eigenvalue weighted by Gasteiger charge is -2.21. The Labute approximate surface area is 151 Å². The molecule has 0 spiro atoms. The fraction of sp³-hybridized carbons (Fsp3) is 0.300. The Morgan fingerprint density at radius 2 is 1.69 bits per heavy atom. The number of nitrogens with zero attached hydrogens (tertiary/aromatic N) is 1. The van der Waals surface area contributed by atoms with Gasteiger partial charge in [-0.1, -0.05) is 30.3 Å². The first-order valence-corrected chi connectivity index (χ1v) is 8.46. The van der Waals surface area contributed by atoms with Crippen molar-refractivity contribution in [2.24, 2.45) is 0 Å². The molecule has 0 saturated carbocycles. The number of benzene rings is 2. The van der Waals surface area contributed by atoms with Gasteiger partial charge in [-0.05, 0) is 35.7 Å². The quantitative estimate of drug-likeness (QED) is 0.787. The van der Waals surface area contributed by atoms with E-state index in [4.69, 9.17) is 0 Å². The number of nitrogens with one attached hydrogen (secondary N) is 1. The summed E-state index contributed by atoms with van der Waals surface area (Å²) in [6.45, 7) is 2.34. The van der Waals surface area contributed by atoms with Crippen molar-refractivity contribution in [1.82, 2.24) is 10.2 Å². The molecule has 0 saturated heterocycles. The van der Waals surface area contributed by atoms with E-state index < -0.39 is 0 Å². The molecule has 0 aromatic heterocycles. The Kier molecular flexibility index (Phi) is 7.26. The third-order valence-electron chi connectivity index (χ3n) is 4.07. The van der Waals surface area contributed by atoms with E-state index in [0.29, 0.717) is 25.1 Å². The van der Waals surface area contributed by atoms with Crippen molar-refractivity contribution in [1.29, 1.82) is 0 Å². The summed E-state index contributed by atoms with van der Waals surface area (Å²) in [6.07, 6.45) is 0.543. The van der Waals surface area contributed by atoms with E-state index in [1.165, 1.54) is 30.0 Å². The van der Waals surface area contributed by atoms with E-state index in [-0.39, 0.29) is 36.4 Å². The Hall–Kier alpha value is -2.76. The van der Waals surface area contributed by atoms with Crippen LogP contribution in [0.5, 0.6) is 0 Å². The van der Waals surface area contributed by atoms with Crippen LogP contribution in [0.25, 0.3) is 0 Å². The van der Waals surface area contributed by atoms with Gasteiger partial charge in [0, 0.05) is 33.0 Å². The zero-order valence-electron chi connectivity index (χ0n) is 14.7. The second kappa shape index (κ2) is 9.65. The summed E-state index contributed by atoms with van der Waals surface area (Å²) in [6, 6.07) is 12.3. The molecule has 0 aliphatic rings. The van der Waals surface area contributed by atoms with E-state index in [1.807, 2.05) is 0 Å². The predicted molar refractivity (Wildman–Crippen MR) is 95.2 cm³/mol. The highest BCUT2D eigenvalue weighted by molar-refractivity contribution is 5.78. The van der Waals surface area contributed by atoms with Gasteiger partial charge in [0.2, 0.25) is 11.8 Å². The highest BCUT2D eigenvalue weighted by atomic mass is 19.1. The minimum atomic E-state index is -0.327. The number of halogens is 2. The van der Waals surface area contributed by atoms with E-state index in [2.05, 4.69) is 5.32 Å². The second-order valence-corrected chi connectivity index (χ2v) is 6.00. The molecule has 0 fully saturated rings. The van der Waals surface area contributed by atoms with Crippen LogP contribution in [0.15, 0.2) is 48.5 Å². The smallest absolute Gasteiger partial charge is 0.222 e. The summed E-state index contributed by atoms with van der Waals surface area (Å²) in [5.41, 5.74) is 1.34. The maximum absolute atomic E-state index is 13.7. The maximum Gasteiger partial charge on any atom is 0.222 e. The molecule has 2 amide bonds. The van der Waals surface area contributed by atoms with E-state index >= 15 is 0 Å². The summed E-state index contributed by atoms with van der Waals surface area (Å²) < 4.78 is 26.5. The van der Waals surface area contributed by atoms with Crippen LogP contribution in [0.2, 0.25) is 0 Å². The van der Waals surface area contributed by atoms with Crippen LogP contribution in [0.4, 0.5) is 8.78 Å². The van der Waals surface area contributed by atoms with Gasteiger partial charge in [-0.2, -0.15) is 0 Å².